The third-order valence-electron chi connectivity index (χ3n) is 3.91. The lowest BCUT2D eigenvalue weighted by molar-refractivity contribution is 0.303. The minimum Gasteiger partial charge on any atom is -0.494 e. The first-order chi connectivity index (χ1) is 12.7. The minimum absolute atomic E-state index is 0.526. The van der Waals surface area contributed by atoms with Gasteiger partial charge in [0.15, 0.2) is 0 Å². The Labute approximate surface area is 159 Å². The van der Waals surface area contributed by atoms with Gasteiger partial charge in [-0.2, -0.15) is 0 Å². The second-order valence-electron chi connectivity index (χ2n) is 5.84. The first kappa shape index (κ1) is 18.2. The van der Waals surface area contributed by atoms with Crippen molar-refractivity contribution in [3.63, 3.8) is 0 Å². The van der Waals surface area contributed by atoms with E-state index >= 15 is 0 Å². The molecule has 0 saturated heterocycles. The van der Waals surface area contributed by atoms with Crippen LogP contribution in [0, 0.1) is 0 Å². The van der Waals surface area contributed by atoms with E-state index in [4.69, 9.17) is 21.1 Å². The summed E-state index contributed by atoms with van der Waals surface area (Å²) < 4.78 is 11.5. The van der Waals surface area contributed by atoms with Crippen molar-refractivity contribution in [2.45, 2.75) is 20.1 Å². The Kier molecular flexibility index (Phi) is 6.39. The number of hydrogen-bond donors (Lipinski definition) is 1. The average molecular weight is 368 g/mol. The van der Waals surface area contributed by atoms with E-state index < -0.39 is 0 Å². The summed E-state index contributed by atoms with van der Waals surface area (Å²) in [5.41, 5.74) is 3.16. The summed E-state index contributed by atoms with van der Waals surface area (Å²) in [4.78, 5) is 0. The molecule has 3 aromatic carbocycles. The molecule has 4 heteroatoms. The highest BCUT2D eigenvalue weighted by atomic mass is 35.5. The molecule has 0 aliphatic heterocycles. The van der Waals surface area contributed by atoms with Gasteiger partial charge in [0.25, 0.3) is 0 Å². The van der Waals surface area contributed by atoms with Gasteiger partial charge in [0, 0.05) is 22.8 Å². The first-order valence-corrected chi connectivity index (χ1v) is 9.04. The largest absolute Gasteiger partial charge is 0.494 e. The van der Waals surface area contributed by atoms with Crippen LogP contribution in [-0.2, 0) is 13.2 Å². The van der Waals surface area contributed by atoms with Crippen LogP contribution in [0.3, 0.4) is 0 Å². The molecule has 26 heavy (non-hydrogen) atoms. The highest BCUT2D eigenvalue weighted by Gasteiger charge is 2.06. The Morgan fingerprint density at radius 1 is 0.885 bits per heavy atom. The zero-order chi connectivity index (χ0) is 18.2. The molecule has 0 saturated carbocycles. The van der Waals surface area contributed by atoms with Gasteiger partial charge >= 0.3 is 0 Å². The van der Waals surface area contributed by atoms with Crippen LogP contribution < -0.4 is 14.8 Å². The van der Waals surface area contributed by atoms with E-state index in [1.165, 1.54) is 0 Å². The SMILES string of the molecule is CCOc1ccc(NCc2cc(Cl)ccc2OCc2ccccc2)cc1. The molecule has 134 valence electrons. The average Bonchev–Trinajstić information content (AvgIpc) is 2.68. The molecule has 0 amide bonds. The van der Waals surface area contributed by atoms with Crippen molar-refractivity contribution in [2.75, 3.05) is 11.9 Å². The van der Waals surface area contributed by atoms with Crippen molar-refractivity contribution in [3.8, 4) is 11.5 Å². The van der Waals surface area contributed by atoms with Gasteiger partial charge in [-0.25, -0.2) is 0 Å². The highest BCUT2D eigenvalue weighted by Crippen LogP contribution is 2.25. The smallest absolute Gasteiger partial charge is 0.124 e. The van der Waals surface area contributed by atoms with Crippen molar-refractivity contribution in [1.29, 1.82) is 0 Å². The standard InChI is InChI=1S/C22H22ClNO2/c1-2-25-21-11-9-20(10-12-21)24-15-18-14-19(23)8-13-22(18)26-16-17-6-4-3-5-7-17/h3-14,24H,2,15-16H2,1H3. The number of nitrogens with one attached hydrogen (secondary N) is 1. The van der Waals surface area contributed by atoms with Crippen LogP contribution >= 0.6 is 11.6 Å². The molecule has 3 aromatic rings. The molecule has 0 bridgehead atoms. The normalized spacial score (nSPS) is 10.4. The third kappa shape index (κ3) is 5.17. The lowest BCUT2D eigenvalue weighted by Gasteiger charge is -2.14. The molecular formula is C22H22ClNO2. The zero-order valence-electron chi connectivity index (χ0n) is 14.7. The van der Waals surface area contributed by atoms with Crippen molar-refractivity contribution in [2.24, 2.45) is 0 Å². The number of benzene rings is 3. The lowest BCUT2D eigenvalue weighted by Crippen LogP contribution is -2.04. The molecule has 0 radical (unpaired) electrons. The summed E-state index contributed by atoms with van der Waals surface area (Å²) in [6.07, 6.45) is 0. The van der Waals surface area contributed by atoms with Crippen LogP contribution in [0.4, 0.5) is 5.69 Å². The lowest BCUT2D eigenvalue weighted by atomic mass is 10.2. The van der Waals surface area contributed by atoms with E-state index in [0.29, 0.717) is 24.8 Å². The molecule has 0 spiro atoms. The van der Waals surface area contributed by atoms with Crippen molar-refractivity contribution in [3.05, 3.63) is 88.9 Å². The van der Waals surface area contributed by atoms with Gasteiger partial charge in [-0.15, -0.1) is 0 Å². The van der Waals surface area contributed by atoms with Crippen LogP contribution in [-0.4, -0.2) is 6.61 Å². The van der Waals surface area contributed by atoms with Gasteiger partial charge in [-0.3, -0.25) is 0 Å². The molecule has 0 unspecified atom stereocenters. The Morgan fingerprint density at radius 2 is 1.65 bits per heavy atom. The molecule has 0 heterocycles. The van der Waals surface area contributed by atoms with Gasteiger partial charge in [-0.05, 0) is 55.0 Å². The zero-order valence-corrected chi connectivity index (χ0v) is 15.5. The van der Waals surface area contributed by atoms with Crippen molar-refractivity contribution < 1.29 is 9.47 Å². The maximum atomic E-state index is 6.17. The summed E-state index contributed by atoms with van der Waals surface area (Å²) >= 11 is 6.17. The van der Waals surface area contributed by atoms with Gasteiger partial charge in [-0.1, -0.05) is 41.9 Å². The summed E-state index contributed by atoms with van der Waals surface area (Å²) in [5.74, 6) is 1.70. The first-order valence-electron chi connectivity index (χ1n) is 8.66. The van der Waals surface area contributed by atoms with Crippen LogP contribution in [0.5, 0.6) is 11.5 Å². The molecule has 1 N–H and O–H groups in total. The topological polar surface area (TPSA) is 30.5 Å². The van der Waals surface area contributed by atoms with E-state index in [1.54, 1.807) is 0 Å². The number of rotatable bonds is 8. The third-order valence-corrected chi connectivity index (χ3v) is 4.14. The summed E-state index contributed by atoms with van der Waals surface area (Å²) in [6.45, 7) is 3.79. The Bertz CT molecular complexity index is 819. The maximum absolute atomic E-state index is 6.17. The molecule has 0 aromatic heterocycles. The van der Waals surface area contributed by atoms with E-state index in [0.717, 1.165) is 28.3 Å². The number of hydrogen-bond acceptors (Lipinski definition) is 3. The quantitative estimate of drug-likeness (QED) is 0.535. The van der Waals surface area contributed by atoms with Crippen LogP contribution in [0.2, 0.25) is 5.02 Å². The highest BCUT2D eigenvalue weighted by molar-refractivity contribution is 6.30. The number of ether oxygens (including phenoxy) is 2. The van der Waals surface area contributed by atoms with E-state index in [9.17, 15) is 0 Å². The molecule has 3 rings (SSSR count). The second kappa shape index (κ2) is 9.16. The predicted molar refractivity (Wildman–Crippen MR) is 107 cm³/mol. The fraction of sp³-hybridized carbons (Fsp3) is 0.182. The van der Waals surface area contributed by atoms with Crippen molar-refractivity contribution >= 4 is 17.3 Å². The fourth-order valence-electron chi connectivity index (χ4n) is 2.60. The van der Waals surface area contributed by atoms with Gasteiger partial charge in [0.2, 0.25) is 0 Å². The second-order valence-corrected chi connectivity index (χ2v) is 6.27. The summed E-state index contributed by atoms with van der Waals surface area (Å²) in [7, 11) is 0. The molecule has 0 atom stereocenters. The van der Waals surface area contributed by atoms with E-state index in [2.05, 4.69) is 5.32 Å². The van der Waals surface area contributed by atoms with E-state index in [-0.39, 0.29) is 0 Å². The van der Waals surface area contributed by atoms with Crippen LogP contribution in [0.1, 0.15) is 18.1 Å². The Balaban J connectivity index is 1.65. The van der Waals surface area contributed by atoms with E-state index in [1.807, 2.05) is 79.7 Å². The van der Waals surface area contributed by atoms with Crippen LogP contribution in [0.25, 0.3) is 0 Å². The molecule has 3 nitrogen and oxygen atoms in total. The maximum Gasteiger partial charge on any atom is 0.124 e. The minimum atomic E-state index is 0.526. The predicted octanol–water partition coefficient (Wildman–Crippen LogP) is 5.93. The van der Waals surface area contributed by atoms with Crippen molar-refractivity contribution in [1.82, 2.24) is 0 Å². The molecule has 0 fully saturated rings. The Morgan fingerprint density at radius 3 is 2.38 bits per heavy atom. The fourth-order valence-corrected chi connectivity index (χ4v) is 2.79. The van der Waals surface area contributed by atoms with Crippen LogP contribution in [0.15, 0.2) is 72.8 Å². The molecule has 0 aliphatic rings. The number of halogens is 1. The van der Waals surface area contributed by atoms with Gasteiger partial charge in [0.1, 0.15) is 18.1 Å². The monoisotopic (exact) mass is 367 g/mol. The number of anilines is 1. The Hall–Kier alpha value is -2.65. The molecule has 0 aliphatic carbocycles. The van der Waals surface area contributed by atoms with Gasteiger partial charge < -0.3 is 14.8 Å². The summed E-state index contributed by atoms with van der Waals surface area (Å²) in [5, 5.41) is 4.10. The molecular weight excluding hydrogens is 346 g/mol. The van der Waals surface area contributed by atoms with Gasteiger partial charge in [0.05, 0.1) is 6.61 Å². The summed E-state index contributed by atoms with van der Waals surface area (Å²) in [6, 6.07) is 23.7.